The van der Waals surface area contributed by atoms with Crippen LogP contribution in [0.25, 0.3) is 0 Å². The highest BCUT2D eigenvalue weighted by molar-refractivity contribution is 7.98. The van der Waals surface area contributed by atoms with Crippen LogP contribution in [0.4, 0.5) is 10.1 Å². The number of aryl methyl sites for hydroxylation is 1. The Morgan fingerprint density at radius 1 is 1.21 bits per heavy atom. The van der Waals surface area contributed by atoms with Gasteiger partial charge in [-0.2, -0.15) is 11.8 Å². The summed E-state index contributed by atoms with van der Waals surface area (Å²) in [6.45, 7) is 1.78. The van der Waals surface area contributed by atoms with Gasteiger partial charge in [-0.05, 0) is 35.7 Å². The van der Waals surface area contributed by atoms with E-state index < -0.39 is 0 Å². The van der Waals surface area contributed by atoms with Crippen molar-refractivity contribution in [2.45, 2.75) is 18.7 Å². The molecular weight excluding hydrogens is 257 g/mol. The predicted molar refractivity (Wildman–Crippen MR) is 80.1 cm³/mol. The third-order valence-electron chi connectivity index (χ3n) is 3.49. The lowest BCUT2D eigenvalue weighted by Gasteiger charge is -2.27. The summed E-state index contributed by atoms with van der Waals surface area (Å²) >= 11 is 1.92. The molecule has 1 N–H and O–H groups in total. The van der Waals surface area contributed by atoms with E-state index in [2.05, 4.69) is 29.6 Å². The summed E-state index contributed by atoms with van der Waals surface area (Å²) in [6, 6.07) is 14.1. The van der Waals surface area contributed by atoms with E-state index in [1.54, 1.807) is 13.0 Å². The zero-order valence-electron chi connectivity index (χ0n) is 10.8. The quantitative estimate of drug-likeness (QED) is 0.862. The predicted octanol–water partition coefficient (Wildman–Crippen LogP) is 4.53. The van der Waals surface area contributed by atoms with Crippen molar-refractivity contribution in [2.75, 3.05) is 11.1 Å². The summed E-state index contributed by atoms with van der Waals surface area (Å²) in [5, 5.41) is 3.44. The average molecular weight is 273 g/mol. The van der Waals surface area contributed by atoms with Crippen molar-refractivity contribution in [3.63, 3.8) is 0 Å². The van der Waals surface area contributed by atoms with Crippen molar-refractivity contribution >= 4 is 17.4 Å². The number of fused-ring (bicyclic) bond motifs is 1. The summed E-state index contributed by atoms with van der Waals surface area (Å²) in [6.07, 6.45) is 0. The highest BCUT2D eigenvalue weighted by Gasteiger charge is 2.19. The first kappa shape index (κ1) is 12.5. The van der Waals surface area contributed by atoms with E-state index in [1.165, 1.54) is 11.1 Å². The van der Waals surface area contributed by atoms with Crippen molar-refractivity contribution < 1.29 is 4.39 Å². The van der Waals surface area contributed by atoms with Crippen LogP contribution in [0.1, 0.15) is 22.7 Å². The number of benzene rings is 2. The van der Waals surface area contributed by atoms with Crippen molar-refractivity contribution in [1.82, 2.24) is 0 Å². The van der Waals surface area contributed by atoms with Gasteiger partial charge in [0.1, 0.15) is 5.82 Å². The average Bonchev–Trinajstić information content (AvgIpc) is 2.43. The van der Waals surface area contributed by atoms with Crippen molar-refractivity contribution in [1.29, 1.82) is 0 Å². The molecule has 1 unspecified atom stereocenters. The molecule has 3 heteroatoms. The molecule has 1 nitrogen and oxygen atoms in total. The molecule has 0 aliphatic carbocycles. The first-order valence-electron chi connectivity index (χ1n) is 6.42. The van der Waals surface area contributed by atoms with E-state index >= 15 is 0 Å². The zero-order valence-corrected chi connectivity index (χ0v) is 11.6. The third-order valence-corrected chi connectivity index (χ3v) is 4.57. The van der Waals surface area contributed by atoms with Crippen LogP contribution < -0.4 is 5.32 Å². The van der Waals surface area contributed by atoms with Crippen LogP contribution in [-0.2, 0) is 5.75 Å². The van der Waals surface area contributed by atoms with E-state index in [0.717, 1.165) is 17.2 Å². The summed E-state index contributed by atoms with van der Waals surface area (Å²) in [5.74, 6) is 1.94. The molecule has 0 amide bonds. The molecule has 1 aliphatic rings. The number of thioether (sulfide) groups is 1. The minimum atomic E-state index is -0.151. The standard InChI is InChI=1S/C16H16FNS/c1-11-6-7-13(8-15(11)17)18-16-10-19-9-12-4-2-3-5-14(12)16/h2-8,16,18H,9-10H2,1H3. The Labute approximate surface area is 117 Å². The number of rotatable bonds is 2. The number of hydrogen-bond donors (Lipinski definition) is 1. The molecule has 2 aromatic carbocycles. The van der Waals surface area contributed by atoms with Gasteiger partial charge in [0.15, 0.2) is 0 Å². The van der Waals surface area contributed by atoms with Crippen LogP contribution in [0.3, 0.4) is 0 Å². The molecule has 2 aromatic rings. The fourth-order valence-electron chi connectivity index (χ4n) is 2.39. The minimum Gasteiger partial charge on any atom is -0.377 e. The molecule has 0 saturated heterocycles. The van der Waals surface area contributed by atoms with Crippen LogP contribution in [0, 0.1) is 12.7 Å². The highest BCUT2D eigenvalue weighted by Crippen LogP contribution is 2.33. The van der Waals surface area contributed by atoms with Gasteiger partial charge in [-0.1, -0.05) is 30.3 Å². The van der Waals surface area contributed by atoms with Crippen LogP contribution in [-0.4, -0.2) is 5.75 Å². The Hall–Kier alpha value is -1.48. The van der Waals surface area contributed by atoms with Crippen molar-refractivity contribution in [2.24, 2.45) is 0 Å². The number of halogens is 1. The third kappa shape index (κ3) is 2.61. The Morgan fingerprint density at radius 2 is 2.05 bits per heavy atom. The van der Waals surface area contributed by atoms with Crippen molar-refractivity contribution in [3.05, 3.63) is 65.0 Å². The highest BCUT2D eigenvalue weighted by atomic mass is 32.2. The van der Waals surface area contributed by atoms with Gasteiger partial charge in [-0.3, -0.25) is 0 Å². The maximum atomic E-state index is 13.6. The summed E-state index contributed by atoms with van der Waals surface area (Å²) in [4.78, 5) is 0. The fourth-order valence-corrected chi connectivity index (χ4v) is 3.48. The van der Waals surface area contributed by atoms with Gasteiger partial charge in [0.2, 0.25) is 0 Å². The lowest BCUT2D eigenvalue weighted by molar-refractivity contribution is 0.618. The van der Waals surface area contributed by atoms with Gasteiger partial charge in [-0.25, -0.2) is 4.39 Å². The van der Waals surface area contributed by atoms with Gasteiger partial charge in [-0.15, -0.1) is 0 Å². The lowest BCUT2D eigenvalue weighted by Crippen LogP contribution is -2.18. The molecule has 0 radical (unpaired) electrons. The summed E-state index contributed by atoms with van der Waals surface area (Å²) in [7, 11) is 0. The molecule has 1 heterocycles. The topological polar surface area (TPSA) is 12.0 Å². The second-order valence-corrected chi connectivity index (χ2v) is 5.91. The Bertz CT molecular complexity index is 597. The Balaban J connectivity index is 1.86. The molecule has 3 rings (SSSR count). The summed E-state index contributed by atoms with van der Waals surface area (Å²) in [5.41, 5.74) is 4.25. The van der Waals surface area contributed by atoms with E-state index in [0.29, 0.717) is 5.56 Å². The molecule has 1 aliphatic heterocycles. The molecule has 19 heavy (non-hydrogen) atoms. The molecule has 1 atom stereocenters. The SMILES string of the molecule is Cc1ccc(NC2CSCc3ccccc32)cc1F. The van der Waals surface area contributed by atoms with E-state index in [1.807, 2.05) is 23.9 Å². The van der Waals surface area contributed by atoms with Gasteiger partial charge in [0.05, 0.1) is 6.04 Å². The van der Waals surface area contributed by atoms with Gasteiger partial charge in [0.25, 0.3) is 0 Å². The molecule has 0 aromatic heterocycles. The fraction of sp³-hybridized carbons (Fsp3) is 0.250. The first-order chi connectivity index (χ1) is 9.24. The van der Waals surface area contributed by atoms with Crippen LogP contribution in [0.15, 0.2) is 42.5 Å². The van der Waals surface area contributed by atoms with Crippen LogP contribution in [0.5, 0.6) is 0 Å². The van der Waals surface area contributed by atoms with E-state index in [9.17, 15) is 4.39 Å². The zero-order chi connectivity index (χ0) is 13.2. The summed E-state index contributed by atoms with van der Waals surface area (Å²) < 4.78 is 13.6. The maximum Gasteiger partial charge on any atom is 0.128 e. The minimum absolute atomic E-state index is 0.151. The van der Waals surface area contributed by atoms with Crippen LogP contribution >= 0.6 is 11.8 Å². The normalized spacial score (nSPS) is 17.9. The second-order valence-electron chi connectivity index (χ2n) is 4.87. The molecular formula is C16H16FNS. The first-order valence-corrected chi connectivity index (χ1v) is 7.58. The van der Waals surface area contributed by atoms with Gasteiger partial charge >= 0.3 is 0 Å². The second kappa shape index (κ2) is 5.25. The smallest absolute Gasteiger partial charge is 0.128 e. The Morgan fingerprint density at radius 3 is 2.89 bits per heavy atom. The Kier molecular flexibility index (Phi) is 3.47. The molecule has 0 spiro atoms. The molecule has 0 fully saturated rings. The van der Waals surface area contributed by atoms with Crippen molar-refractivity contribution in [3.8, 4) is 0 Å². The molecule has 98 valence electrons. The number of anilines is 1. The van der Waals surface area contributed by atoms with Gasteiger partial charge in [0, 0.05) is 17.2 Å². The van der Waals surface area contributed by atoms with E-state index in [-0.39, 0.29) is 11.9 Å². The van der Waals surface area contributed by atoms with Gasteiger partial charge < -0.3 is 5.32 Å². The van der Waals surface area contributed by atoms with E-state index in [4.69, 9.17) is 0 Å². The van der Waals surface area contributed by atoms with Crippen LogP contribution in [0.2, 0.25) is 0 Å². The molecule has 0 saturated carbocycles. The monoisotopic (exact) mass is 273 g/mol. The molecule has 0 bridgehead atoms. The maximum absolute atomic E-state index is 13.6. The number of nitrogens with one attached hydrogen (secondary N) is 1. The lowest BCUT2D eigenvalue weighted by atomic mass is 10.0. The largest absolute Gasteiger partial charge is 0.377 e. The number of hydrogen-bond acceptors (Lipinski definition) is 2.